The van der Waals surface area contributed by atoms with Crippen LogP contribution >= 0.6 is 11.3 Å². The highest BCUT2D eigenvalue weighted by Gasteiger charge is 2.22. The molecule has 20 heavy (non-hydrogen) atoms. The molecule has 1 saturated heterocycles. The maximum atomic E-state index is 12.0. The Morgan fingerprint density at radius 3 is 3.25 bits per heavy atom. The number of hydrogen-bond acceptors (Lipinski definition) is 5. The number of nitrogens with zero attached hydrogens (tertiary/aromatic N) is 1. The SMILES string of the molecule is CCOc1ccc2nc(NC(=O)C3CCCN3)sc2c1. The Morgan fingerprint density at radius 1 is 1.60 bits per heavy atom. The Bertz CT molecular complexity index is 620. The highest BCUT2D eigenvalue weighted by atomic mass is 32.1. The fraction of sp³-hybridized carbons (Fsp3) is 0.429. The van der Waals surface area contributed by atoms with Gasteiger partial charge in [-0.15, -0.1) is 0 Å². The Morgan fingerprint density at radius 2 is 2.50 bits per heavy atom. The van der Waals surface area contributed by atoms with Crippen LogP contribution in [-0.4, -0.2) is 30.1 Å². The molecule has 1 amide bonds. The normalized spacial score (nSPS) is 18.4. The molecule has 2 N–H and O–H groups in total. The van der Waals surface area contributed by atoms with Gasteiger partial charge in [-0.05, 0) is 44.5 Å². The minimum absolute atomic E-state index is 0.00610. The molecule has 1 fully saturated rings. The minimum Gasteiger partial charge on any atom is -0.494 e. The third-order valence-electron chi connectivity index (χ3n) is 3.28. The van der Waals surface area contributed by atoms with E-state index in [4.69, 9.17) is 4.74 Å². The molecule has 3 rings (SSSR count). The highest BCUT2D eigenvalue weighted by Crippen LogP contribution is 2.29. The lowest BCUT2D eigenvalue weighted by atomic mass is 10.2. The Kier molecular flexibility index (Phi) is 3.84. The second kappa shape index (κ2) is 5.76. The van der Waals surface area contributed by atoms with Crippen LogP contribution < -0.4 is 15.4 Å². The number of aromatic nitrogens is 1. The van der Waals surface area contributed by atoms with E-state index < -0.39 is 0 Å². The number of benzene rings is 1. The standard InChI is InChI=1S/C14H17N3O2S/c1-2-19-9-5-6-10-12(8-9)20-14(16-10)17-13(18)11-4-3-7-15-11/h5-6,8,11,15H,2-4,7H2,1H3,(H,16,17,18). The van der Waals surface area contributed by atoms with Crippen molar-refractivity contribution in [2.24, 2.45) is 0 Å². The van der Waals surface area contributed by atoms with Gasteiger partial charge in [0.25, 0.3) is 0 Å². The molecule has 0 bridgehead atoms. The van der Waals surface area contributed by atoms with Gasteiger partial charge in [0.15, 0.2) is 5.13 Å². The van der Waals surface area contributed by atoms with Gasteiger partial charge in [-0.2, -0.15) is 0 Å². The highest BCUT2D eigenvalue weighted by molar-refractivity contribution is 7.22. The zero-order chi connectivity index (χ0) is 13.9. The van der Waals surface area contributed by atoms with Gasteiger partial charge in [0.2, 0.25) is 5.91 Å². The van der Waals surface area contributed by atoms with Crippen LogP contribution in [0.5, 0.6) is 5.75 Å². The number of carbonyl (C=O) groups excluding carboxylic acids is 1. The van der Waals surface area contributed by atoms with E-state index in [0.717, 1.165) is 35.4 Å². The average molecular weight is 291 g/mol. The van der Waals surface area contributed by atoms with Crippen LogP contribution in [0.3, 0.4) is 0 Å². The van der Waals surface area contributed by atoms with E-state index in [1.165, 1.54) is 11.3 Å². The van der Waals surface area contributed by atoms with E-state index in [1.807, 2.05) is 25.1 Å². The summed E-state index contributed by atoms with van der Waals surface area (Å²) in [5.74, 6) is 0.838. The van der Waals surface area contributed by atoms with Gasteiger partial charge < -0.3 is 15.4 Å². The zero-order valence-corrected chi connectivity index (χ0v) is 12.1. The van der Waals surface area contributed by atoms with Crippen molar-refractivity contribution in [3.63, 3.8) is 0 Å². The lowest BCUT2D eigenvalue weighted by Crippen LogP contribution is -2.35. The molecule has 1 aromatic carbocycles. The lowest BCUT2D eigenvalue weighted by molar-refractivity contribution is -0.117. The summed E-state index contributed by atoms with van der Waals surface area (Å²) < 4.78 is 6.49. The van der Waals surface area contributed by atoms with Crippen LogP contribution in [0.4, 0.5) is 5.13 Å². The van der Waals surface area contributed by atoms with Crippen LogP contribution in [0.15, 0.2) is 18.2 Å². The van der Waals surface area contributed by atoms with Crippen molar-refractivity contribution >= 4 is 32.6 Å². The molecule has 106 valence electrons. The summed E-state index contributed by atoms with van der Waals surface area (Å²) in [6.07, 6.45) is 1.95. The van der Waals surface area contributed by atoms with Crippen LogP contribution in [0.25, 0.3) is 10.2 Å². The number of carbonyl (C=O) groups is 1. The van der Waals surface area contributed by atoms with Crippen LogP contribution in [0.2, 0.25) is 0 Å². The second-order valence-electron chi connectivity index (χ2n) is 4.72. The van der Waals surface area contributed by atoms with Gasteiger partial charge in [0.1, 0.15) is 5.75 Å². The molecule has 1 aliphatic rings. The summed E-state index contributed by atoms with van der Waals surface area (Å²) in [4.78, 5) is 16.5. The van der Waals surface area contributed by atoms with Crippen molar-refractivity contribution < 1.29 is 9.53 Å². The number of thiazole rings is 1. The van der Waals surface area contributed by atoms with E-state index in [0.29, 0.717) is 11.7 Å². The predicted molar refractivity (Wildman–Crippen MR) is 80.4 cm³/mol. The topological polar surface area (TPSA) is 63.2 Å². The van der Waals surface area contributed by atoms with Gasteiger partial charge in [0.05, 0.1) is 22.9 Å². The van der Waals surface area contributed by atoms with Gasteiger partial charge in [-0.25, -0.2) is 4.98 Å². The molecule has 0 spiro atoms. The van der Waals surface area contributed by atoms with Gasteiger partial charge in [-0.1, -0.05) is 11.3 Å². The lowest BCUT2D eigenvalue weighted by Gasteiger charge is -2.08. The van der Waals surface area contributed by atoms with Crippen LogP contribution in [-0.2, 0) is 4.79 Å². The van der Waals surface area contributed by atoms with E-state index >= 15 is 0 Å². The molecular weight excluding hydrogens is 274 g/mol. The summed E-state index contributed by atoms with van der Waals surface area (Å²) in [5.41, 5.74) is 0.883. The molecule has 0 saturated carbocycles. The number of rotatable bonds is 4. The first-order valence-electron chi connectivity index (χ1n) is 6.84. The Balaban J connectivity index is 1.76. The minimum atomic E-state index is -0.0824. The maximum absolute atomic E-state index is 12.0. The summed E-state index contributed by atoms with van der Waals surface area (Å²) in [5, 5.41) is 6.72. The molecular formula is C14H17N3O2S. The molecule has 1 aliphatic heterocycles. The smallest absolute Gasteiger partial charge is 0.243 e. The molecule has 2 aromatic rings. The first-order valence-corrected chi connectivity index (χ1v) is 7.65. The summed E-state index contributed by atoms with van der Waals surface area (Å²) in [6.45, 7) is 3.51. The second-order valence-corrected chi connectivity index (χ2v) is 5.75. The molecule has 1 aromatic heterocycles. The molecule has 2 heterocycles. The molecule has 0 aliphatic carbocycles. The summed E-state index contributed by atoms with van der Waals surface area (Å²) in [6, 6.07) is 5.69. The molecule has 6 heteroatoms. The molecule has 5 nitrogen and oxygen atoms in total. The van der Waals surface area contributed by atoms with Crippen molar-refractivity contribution in [2.75, 3.05) is 18.5 Å². The molecule has 1 unspecified atom stereocenters. The van der Waals surface area contributed by atoms with Gasteiger partial charge >= 0.3 is 0 Å². The van der Waals surface area contributed by atoms with Crippen LogP contribution in [0.1, 0.15) is 19.8 Å². The van der Waals surface area contributed by atoms with Gasteiger partial charge in [-0.3, -0.25) is 4.79 Å². The first kappa shape index (κ1) is 13.3. The fourth-order valence-electron chi connectivity index (χ4n) is 2.32. The fourth-order valence-corrected chi connectivity index (χ4v) is 3.21. The van der Waals surface area contributed by atoms with E-state index in [-0.39, 0.29) is 11.9 Å². The summed E-state index contributed by atoms with van der Waals surface area (Å²) >= 11 is 1.47. The Hall–Kier alpha value is -1.66. The number of nitrogens with one attached hydrogen (secondary N) is 2. The quantitative estimate of drug-likeness (QED) is 0.908. The summed E-state index contributed by atoms with van der Waals surface area (Å²) in [7, 11) is 0. The third kappa shape index (κ3) is 2.76. The number of fused-ring (bicyclic) bond motifs is 1. The molecule has 1 atom stereocenters. The van der Waals surface area contributed by atoms with E-state index in [1.54, 1.807) is 0 Å². The van der Waals surface area contributed by atoms with Crippen molar-refractivity contribution in [2.45, 2.75) is 25.8 Å². The largest absolute Gasteiger partial charge is 0.494 e. The molecule has 0 radical (unpaired) electrons. The van der Waals surface area contributed by atoms with Crippen molar-refractivity contribution in [1.82, 2.24) is 10.3 Å². The Labute approximate surface area is 121 Å². The monoisotopic (exact) mass is 291 g/mol. The van der Waals surface area contributed by atoms with Crippen molar-refractivity contribution in [1.29, 1.82) is 0 Å². The van der Waals surface area contributed by atoms with E-state index in [9.17, 15) is 4.79 Å². The van der Waals surface area contributed by atoms with Crippen molar-refractivity contribution in [3.8, 4) is 5.75 Å². The number of hydrogen-bond donors (Lipinski definition) is 2. The number of anilines is 1. The third-order valence-corrected chi connectivity index (χ3v) is 4.21. The van der Waals surface area contributed by atoms with E-state index in [2.05, 4.69) is 15.6 Å². The zero-order valence-electron chi connectivity index (χ0n) is 11.3. The van der Waals surface area contributed by atoms with Crippen LogP contribution in [0, 0.1) is 0 Å². The maximum Gasteiger partial charge on any atom is 0.243 e. The predicted octanol–water partition coefficient (Wildman–Crippen LogP) is 2.39. The van der Waals surface area contributed by atoms with Crippen molar-refractivity contribution in [3.05, 3.63) is 18.2 Å². The number of ether oxygens (including phenoxy) is 1. The van der Waals surface area contributed by atoms with Gasteiger partial charge in [0, 0.05) is 0 Å². The average Bonchev–Trinajstić information content (AvgIpc) is 3.06. The first-order chi connectivity index (χ1) is 9.76. The number of amides is 1.